The van der Waals surface area contributed by atoms with E-state index in [1.807, 2.05) is 9.80 Å². The van der Waals surface area contributed by atoms with Crippen LogP contribution >= 0.6 is 0 Å². The van der Waals surface area contributed by atoms with Gasteiger partial charge in [0.05, 0.1) is 0 Å². The maximum absolute atomic E-state index is 12.6. The van der Waals surface area contributed by atoms with Crippen molar-refractivity contribution in [2.24, 2.45) is 5.92 Å². The zero-order valence-corrected chi connectivity index (χ0v) is 14.7. The van der Waals surface area contributed by atoms with Gasteiger partial charge in [0.25, 0.3) is 0 Å². The highest BCUT2D eigenvalue weighted by Crippen LogP contribution is 2.32. The van der Waals surface area contributed by atoms with Crippen LogP contribution in [0.25, 0.3) is 0 Å². The minimum Gasteiger partial charge on any atom is -0.341 e. The predicted octanol–water partition coefficient (Wildman–Crippen LogP) is 2.37. The van der Waals surface area contributed by atoms with Crippen LogP contribution in [0.2, 0.25) is 0 Å². The second-order valence-electron chi connectivity index (χ2n) is 7.56. The smallest absolute Gasteiger partial charge is 0.317 e. The molecule has 1 heterocycles. The van der Waals surface area contributed by atoms with Crippen LogP contribution in [0.1, 0.15) is 42.7 Å². The van der Waals surface area contributed by atoms with E-state index in [2.05, 4.69) is 29.6 Å². The van der Waals surface area contributed by atoms with Crippen molar-refractivity contribution in [1.29, 1.82) is 0 Å². The number of aryl methyl sites for hydroxylation is 1. The summed E-state index contributed by atoms with van der Waals surface area (Å²) in [6.45, 7) is 3.55. The fourth-order valence-corrected chi connectivity index (χ4v) is 4.11. The van der Waals surface area contributed by atoms with Gasteiger partial charge in [-0.3, -0.25) is 4.79 Å². The molecule has 3 amide bonds. The Morgan fingerprint density at radius 2 is 1.76 bits per heavy atom. The Morgan fingerprint density at radius 1 is 1.00 bits per heavy atom. The minimum absolute atomic E-state index is 0.0186. The van der Waals surface area contributed by atoms with Gasteiger partial charge >= 0.3 is 6.03 Å². The molecule has 0 bridgehead atoms. The number of amides is 3. The van der Waals surface area contributed by atoms with Crippen molar-refractivity contribution in [2.45, 2.75) is 38.0 Å². The summed E-state index contributed by atoms with van der Waals surface area (Å²) in [7, 11) is 0. The molecular formula is C20H27N3O2. The Labute approximate surface area is 149 Å². The van der Waals surface area contributed by atoms with Crippen LogP contribution in [-0.2, 0) is 11.2 Å². The summed E-state index contributed by atoms with van der Waals surface area (Å²) in [5.41, 5.74) is 2.81. The number of nitrogens with one attached hydrogen (secondary N) is 1. The van der Waals surface area contributed by atoms with Gasteiger partial charge in [-0.15, -0.1) is 0 Å². The molecule has 1 saturated carbocycles. The number of rotatable bonds is 3. The van der Waals surface area contributed by atoms with Crippen molar-refractivity contribution in [3.8, 4) is 0 Å². The van der Waals surface area contributed by atoms with E-state index in [1.165, 1.54) is 11.1 Å². The van der Waals surface area contributed by atoms with Gasteiger partial charge in [-0.25, -0.2) is 4.79 Å². The highest BCUT2D eigenvalue weighted by molar-refractivity contribution is 5.81. The quantitative estimate of drug-likeness (QED) is 0.918. The van der Waals surface area contributed by atoms with Crippen LogP contribution in [0.5, 0.6) is 0 Å². The Kier molecular flexibility index (Phi) is 4.64. The zero-order chi connectivity index (χ0) is 17.2. The Balaban J connectivity index is 1.28. The molecule has 3 aliphatic rings. The van der Waals surface area contributed by atoms with Gasteiger partial charge in [0.2, 0.25) is 5.91 Å². The van der Waals surface area contributed by atoms with E-state index in [0.717, 1.165) is 45.2 Å². The summed E-state index contributed by atoms with van der Waals surface area (Å²) < 4.78 is 0. The largest absolute Gasteiger partial charge is 0.341 e. The maximum atomic E-state index is 12.6. The normalized spacial score (nSPS) is 23.1. The van der Waals surface area contributed by atoms with Crippen molar-refractivity contribution >= 4 is 11.9 Å². The van der Waals surface area contributed by atoms with E-state index >= 15 is 0 Å². The number of nitrogens with zero attached hydrogens (tertiary/aromatic N) is 2. The SMILES string of the molecule is O=C(NCC1CCc2ccccc21)N1CCCN(C(=O)C2CC2)CC1. The van der Waals surface area contributed by atoms with E-state index < -0.39 is 0 Å². The van der Waals surface area contributed by atoms with Crippen molar-refractivity contribution in [3.63, 3.8) is 0 Å². The van der Waals surface area contributed by atoms with Crippen molar-refractivity contribution < 1.29 is 9.59 Å². The molecule has 2 fully saturated rings. The number of hydrogen-bond donors (Lipinski definition) is 1. The minimum atomic E-state index is 0.0186. The molecule has 1 atom stereocenters. The summed E-state index contributed by atoms with van der Waals surface area (Å²) in [4.78, 5) is 28.6. The summed E-state index contributed by atoms with van der Waals surface area (Å²) in [5.74, 6) is 0.993. The lowest BCUT2D eigenvalue weighted by Gasteiger charge is -2.23. The van der Waals surface area contributed by atoms with Gasteiger partial charge in [0.1, 0.15) is 0 Å². The number of benzene rings is 1. The monoisotopic (exact) mass is 341 g/mol. The van der Waals surface area contributed by atoms with Gasteiger partial charge < -0.3 is 15.1 Å². The van der Waals surface area contributed by atoms with Crippen LogP contribution in [0.3, 0.4) is 0 Å². The summed E-state index contributed by atoms with van der Waals surface area (Å²) in [6, 6.07) is 8.57. The molecule has 1 aliphatic heterocycles. The average molecular weight is 341 g/mol. The molecule has 1 N–H and O–H groups in total. The van der Waals surface area contributed by atoms with E-state index in [9.17, 15) is 9.59 Å². The number of carbonyl (C=O) groups excluding carboxylic acids is 2. The van der Waals surface area contributed by atoms with Gasteiger partial charge in [-0.1, -0.05) is 24.3 Å². The van der Waals surface area contributed by atoms with Gasteiger partial charge in [-0.05, 0) is 43.2 Å². The third kappa shape index (κ3) is 3.65. The first-order chi connectivity index (χ1) is 12.2. The number of hydrogen-bond acceptors (Lipinski definition) is 2. The van der Waals surface area contributed by atoms with Crippen LogP contribution in [0.15, 0.2) is 24.3 Å². The molecule has 1 saturated heterocycles. The molecule has 1 unspecified atom stereocenters. The lowest BCUT2D eigenvalue weighted by Crippen LogP contribution is -2.43. The highest BCUT2D eigenvalue weighted by Gasteiger charge is 2.34. The van der Waals surface area contributed by atoms with Crippen molar-refractivity contribution in [3.05, 3.63) is 35.4 Å². The lowest BCUT2D eigenvalue weighted by atomic mass is 10.0. The Morgan fingerprint density at radius 3 is 2.60 bits per heavy atom. The first kappa shape index (κ1) is 16.4. The fourth-order valence-electron chi connectivity index (χ4n) is 4.11. The molecule has 0 spiro atoms. The van der Waals surface area contributed by atoms with Crippen LogP contribution in [0.4, 0.5) is 4.79 Å². The third-order valence-electron chi connectivity index (χ3n) is 5.78. The molecule has 2 aliphatic carbocycles. The molecule has 0 aromatic heterocycles. The second-order valence-corrected chi connectivity index (χ2v) is 7.56. The fraction of sp³-hybridized carbons (Fsp3) is 0.600. The van der Waals surface area contributed by atoms with E-state index in [4.69, 9.17) is 0 Å². The van der Waals surface area contributed by atoms with Crippen LogP contribution < -0.4 is 5.32 Å². The summed E-state index contributed by atoms with van der Waals surface area (Å²) in [5, 5.41) is 3.13. The molecule has 1 aromatic carbocycles. The second kappa shape index (κ2) is 7.06. The topological polar surface area (TPSA) is 52.7 Å². The van der Waals surface area contributed by atoms with Gasteiger partial charge in [0, 0.05) is 44.6 Å². The van der Waals surface area contributed by atoms with Gasteiger partial charge in [-0.2, -0.15) is 0 Å². The zero-order valence-electron chi connectivity index (χ0n) is 14.7. The first-order valence-corrected chi connectivity index (χ1v) is 9.62. The van der Waals surface area contributed by atoms with Crippen LogP contribution in [-0.4, -0.2) is 54.5 Å². The van der Waals surface area contributed by atoms with E-state index in [0.29, 0.717) is 31.5 Å². The first-order valence-electron chi connectivity index (χ1n) is 9.62. The van der Waals surface area contributed by atoms with E-state index in [1.54, 1.807) is 0 Å². The van der Waals surface area contributed by atoms with Crippen LogP contribution in [0, 0.1) is 5.92 Å². The highest BCUT2D eigenvalue weighted by atomic mass is 16.2. The molecule has 25 heavy (non-hydrogen) atoms. The third-order valence-corrected chi connectivity index (χ3v) is 5.78. The molecule has 5 nitrogen and oxygen atoms in total. The number of fused-ring (bicyclic) bond motifs is 1. The predicted molar refractivity (Wildman–Crippen MR) is 96.4 cm³/mol. The molecule has 4 rings (SSSR count). The van der Waals surface area contributed by atoms with Crippen molar-refractivity contribution in [2.75, 3.05) is 32.7 Å². The average Bonchev–Trinajstić information content (AvgIpc) is 3.43. The molecule has 1 aromatic rings. The molecular weight excluding hydrogens is 314 g/mol. The number of urea groups is 1. The van der Waals surface area contributed by atoms with Gasteiger partial charge in [0.15, 0.2) is 0 Å². The molecule has 5 heteroatoms. The summed E-state index contributed by atoms with van der Waals surface area (Å²) in [6.07, 6.45) is 5.19. The Hall–Kier alpha value is -2.04. The lowest BCUT2D eigenvalue weighted by molar-refractivity contribution is -0.132. The standard InChI is InChI=1S/C20H27N3O2/c24-19(16-7-8-16)22-10-3-11-23(13-12-22)20(25)21-14-17-9-6-15-4-1-2-5-18(15)17/h1-2,4-5,16-17H,3,6-14H2,(H,21,25). The Bertz CT molecular complexity index is 656. The van der Waals surface area contributed by atoms with Crippen molar-refractivity contribution in [1.82, 2.24) is 15.1 Å². The number of carbonyl (C=O) groups is 2. The summed E-state index contributed by atoms with van der Waals surface area (Å²) >= 11 is 0. The van der Waals surface area contributed by atoms with E-state index in [-0.39, 0.29) is 11.9 Å². The maximum Gasteiger partial charge on any atom is 0.317 e. The molecule has 134 valence electrons. The molecule has 0 radical (unpaired) electrons.